The van der Waals surface area contributed by atoms with Gasteiger partial charge in [0.25, 0.3) is 5.69 Å². The van der Waals surface area contributed by atoms with Crippen LogP contribution in [0.2, 0.25) is 0 Å². The van der Waals surface area contributed by atoms with Crippen molar-refractivity contribution < 1.29 is 19.6 Å². The van der Waals surface area contributed by atoms with Crippen LogP contribution in [0, 0.1) is 10.1 Å². The lowest BCUT2D eigenvalue weighted by atomic mass is 10.0. The second-order valence-electron chi connectivity index (χ2n) is 3.57. The fourth-order valence-electron chi connectivity index (χ4n) is 1.34. The van der Waals surface area contributed by atoms with E-state index in [1.54, 1.807) is 0 Å². The van der Waals surface area contributed by atoms with E-state index in [2.05, 4.69) is 4.74 Å². The number of ether oxygens (including phenoxy) is 1. The molecule has 0 radical (unpaired) electrons. The van der Waals surface area contributed by atoms with Crippen LogP contribution in [-0.4, -0.2) is 22.9 Å². The number of aliphatic hydroxyl groups excluding tert-OH is 1. The molecule has 1 unspecified atom stereocenters. The minimum atomic E-state index is -0.986. The number of ketones is 1. The Labute approximate surface area is 104 Å². The number of carbonyl (C=O) groups excluding carboxylic acids is 1. The third kappa shape index (κ3) is 3.99. The summed E-state index contributed by atoms with van der Waals surface area (Å²) in [4.78, 5) is 21.2. The second-order valence-corrected chi connectivity index (χ2v) is 3.57. The van der Waals surface area contributed by atoms with Crippen LogP contribution in [0.1, 0.15) is 18.1 Å². The summed E-state index contributed by atoms with van der Waals surface area (Å²) in [5, 5.41) is 20.2. The number of aliphatic hydroxyl groups is 1. The van der Waals surface area contributed by atoms with Crippen molar-refractivity contribution in [1.29, 1.82) is 0 Å². The lowest BCUT2D eigenvalue weighted by molar-refractivity contribution is -0.384. The Bertz CT molecular complexity index is 452. The summed E-state index contributed by atoms with van der Waals surface area (Å²) < 4.78 is 4.58. The molecule has 0 saturated carbocycles. The zero-order chi connectivity index (χ0) is 13.5. The number of benzene rings is 1. The number of non-ortho nitro benzene ring substituents is 1. The van der Waals surface area contributed by atoms with Gasteiger partial charge in [-0.15, -0.1) is 0 Å². The number of allylic oxidation sites excluding steroid dienone is 1. The molecule has 1 aromatic carbocycles. The van der Waals surface area contributed by atoms with Gasteiger partial charge in [-0.05, 0) is 17.7 Å². The third-order valence-corrected chi connectivity index (χ3v) is 2.27. The van der Waals surface area contributed by atoms with Crippen molar-refractivity contribution in [3.8, 4) is 0 Å². The van der Waals surface area contributed by atoms with Crippen molar-refractivity contribution in [3.63, 3.8) is 0 Å². The highest BCUT2D eigenvalue weighted by Gasteiger charge is 2.13. The molecular formula is C12H13NO5. The van der Waals surface area contributed by atoms with Gasteiger partial charge >= 0.3 is 0 Å². The van der Waals surface area contributed by atoms with E-state index in [0.717, 1.165) is 0 Å². The van der Waals surface area contributed by atoms with Gasteiger partial charge in [-0.1, -0.05) is 0 Å². The van der Waals surface area contributed by atoms with Crippen LogP contribution in [0.3, 0.4) is 0 Å². The summed E-state index contributed by atoms with van der Waals surface area (Å²) in [5.74, 6) is -0.289. The predicted molar refractivity (Wildman–Crippen MR) is 63.8 cm³/mol. The molecule has 0 aliphatic carbocycles. The average Bonchev–Trinajstić information content (AvgIpc) is 2.36. The predicted octanol–water partition coefficient (Wildman–Crippen LogP) is 1.75. The Kier molecular flexibility index (Phi) is 5.01. The number of carbonyl (C=O) groups is 1. The van der Waals surface area contributed by atoms with Gasteiger partial charge in [-0.2, -0.15) is 0 Å². The summed E-state index contributed by atoms with van der Waals surface area (Å²) in [6.07, 6.45) is 1.36. The quantitative estimate of drug-likeness (QED) is 0.360. The molecule has 0 saturated heterocycles. The van der Waals surface area contributed by atoms with Crippen LogP contribution in [-0.2, 0) is 9.53 Å². The molecule has 1 N–H and O–H groups in total. The number of hydrogen-bond donors (Lipinski definition) is 1. The molecule has 0 spiro atoms. The zero-order valence-electron chi connectivity index (χ0n) is 9.78. The number of hydrogen-bond acceptors (Lipinski definition) is 5. The molecule has 0 aliphatic heterocycles. The van der Waals surface area contributed by atoms with E-state index >= 15 is 0 Å². The Balaban J connectivity index is 2.67. The molecule has 0 amide bonds. The maximum absolute atomic E-state index is 11.3. The van der Waals surface area contributed by atoms with Gasteiger partial charge in [0.2, 0.25) is 0 Å². The van der Waals surface area contributed by atoms with Crippen molar-refractivity contribution in [2.75, 3.05) is 7.11 Å². The number of methoxy groups -OCH3 is 1. The maximum Gasteiger partial charge on any atom is 0.269 e. The van der Waals surface area contributed by atoms with E-state index < -0.39 is 11.0 Å². The smallest absolute Gasteiger partial charge is 0.269 e. The topological polar surface area (TPSA) is 89.7 Å². The molecule has 0 fully saturated rings. The fraction of sp³-hybridized carbons (Fsp3) is 0.250. The summed E-state index contributed by atoms with van der Waals surface area (Å²) in [5.41, 5.74) is 0.399. The Hall–Kier alpha value is -2.21. The molecule has 6 heteroatoms. The highest BCUT2D eigenvalue weighted by atomic mass is 16.6. The number of nitrogens with zero attached hydrogens (tertiary/aromatic N) is 1. The Morgan fingerprint density at radius 3 is 2.61 bits per heavy atom. The molecular weight excluding hydrogens is 238 g/mol. The van der Waals surface area contributed by atoms with Crippen molar-refractivity contribution in [2.45, 2.75) is 12.5 Å². The van der Waals surface area contributed by atoms with E-state index in [9.17, 15) is 20.0 Å². The Morgan fingerprint density at radius 2 is 2.11 bits per heavy atom. The van der Waals surface area contributed by atoms with E-state index in [0.29, 0.717) is 5.56 Å². The monoisotopic (exact) mass is 251 g/mol. The van der Waals surface area contributed by atoms with E-state index in [4.69, 9.17) is 0 Å². The van der Waals surface area contributed by atoms with Gasteiger partial charge in [0.05, 0.1) is 24.4 Å². The van der Waals surface area contributed by atoms with E-state index in [1.807, 2.05) is 0 Å². The molecule has 96 valence electrons. The number of nitro groups is 1. The molecule has 0 heterocycles. The summed E-state index contributed by atoms with van der Waals surface area (Å²) in [6, 6.07) is 5.42. The first-order valence-electron chi connectivity index (χ1n) is 5.19. The summed E-state index contributed by atoms with van der Waals surface area (Å²) >= 11 is 0. The van der Waals surface area contributed by atoms with Crippen LogP contribution < -0.4 is 0 Å². The first kappa shape index (κ1) is 13.9. The molecule has 0 aromatic heterocycles. The van der Waals surface area contributed by atoms with Crippen LogP contribution in [0.15, 0.2) is 36.6 Å². The molecule has 18 heavy (non-hydrogen) atoms. The van der Waals surface area contributed by atoms with Crippen LogP contribution in [0.25, 0.3) is 0 Å². The molecule has 6 nitrogen and oxygen atoms in total. The first-order valence-corrected chi connectivity index (χ1v) is 5.19. The van der Waals surface area contributed by atoms with Crippen molar-refractivity contribution in [1.82, 2.24) is 0 Å². The first-order chi connectivity index (χ1) is 8.54. The maximum atomic E-state index is 11.3. The number of nitro benzene ring substituents is 1. The van der Waals surface area contributed by atoms with Crippen LogP contribution >= 0.6 is 0 Å². The van der Waals surface area contributed by atoms with Crippen LogP contribution in [0.4, 0.5) is 5.69 Å². The largest absolute Gasteiger partial charge is 0.504 e. The number of rotatable bonds is 6. The lowest BCUT2D eigenvalue weighted by Gasteiger charge is -2.08. The van der Waals surface area contributed by atoms with E-state index in [1.165, 1.54) is 43.7 Å². The second kappa shape index (κ2) is 6.51. The minimum absolute atomic E-state index is 0.0587. The lowest BCUT2D eigenvalue weighted by Crippen LogP contribution is -2.04. The SMILES string of the molecule is CO/C=C/C(=O)CC(O)c1ccc([N+](=O)[O-])cc1. The molecule has 1 rings (SSSR count). The van der Waals surface area contributed by atoms with Gasteiger partial charge < -0.3 is 9.84 Å². The van der Waals surface area contributed by atoms with Gasteiger partial charge in [0.15, 0.2) is 5.78 Å². The standard InChI is InChI=1S/C12H13NO5/c1-18-7-6-11(14)8-12(15)9-2-4-10(5-3-9)13(16)17/h2-7,12,15H,8H2,1H3/b7-6+. The molecule has 1 atom stereocenters. The van der Waals surface area contributed by atoms with Gasteiger partial charge in [-0.3, -0.25) is 14.9 Å². The minimum Gasteiger partial charge on any atom is -0.504 e. The fourth-order valence-corrected chi connectivity index (χ4v) is 1.34. The molecule has 1 aromatic rings. The van der Waals surface area contributed by atoms with Crippen molar-refractivity contribution >= 4 is 11.5 Å². The van der Waals surface area contributed by atoms with Crippen LogP contribution in [0.5, 0.6) is 0 Å². The Morgan fingerprint density at radius 1 is 1.50 bits per heavy atom. The van der Waals surface area contributed by atoms with Crippen molar-refractivity contribution in [3.05, 3.63) is 52.3 Å². The van der Waals surface area contributed by atoms with E-state index in [-0.39, 0.29) is 17.9 Å². The average molecular weight is 251 g/mol. The van der Waals surface area contributed by atoms with Gasteiger partial charge in [0.1, 0.15) is 0 Å². The molecule has 0 bridgehead atoms. The summed E-state index contributed by atoms with van der Waals surface area (Å²) in [7, 11) is 1.41. The third-order valence-electron chi connectivity index (χ3n) is 2.27. The zero-order valence-corrected chi connectivity index (χ0v) is 9.78. The van der Waals surface area contributed by atoms with Gasteiger partial charge in [-0.25, -0.2) is 0 Å². The summed E-state index contributed by atoms with van der Waals surface area (Å²) in [6.45, 7) is 0. The highest BCUT2D eigenvalue weighted by molar-refractivity contribution is 5.89. The van der Waals surface area contributed by atoms with Gasteiger partial charge in [0, 0.05) is 24.6 Å². The molecule has 0 aliphatic rings. The highest BCUT2D eigenvalue weighted by Crippen LogP contribution is 2.20. The van der Waals surface area contributed by atoms with Crippen molar-refractivity contribution in [2.24, 2.45) is 0 Å². The normalized spacial score (nSPS) is 12.3.